The number of anilines is 1. The summed E-state index contributed by atoms with van der Waals surface area (Å²) in [4.78, 5) is 26.3. The maximum Gasteiger partial charge on any atom is 0.330 e. The fourth-order valence-corrected chi connectivity index (χ4v) is 3.21. The van der Waals surface area contributed by atoms with Crippen LogP contribution < -0.4 is 15.7 Å². The molecule has 1 aliphatic carbocycles. The summed E-state index contributed by atoms with van der Waals surface area (Å²) >= 11 is 0. The van der Waals surface area contributed by atoms with Crippen LogP contribution >= 0.6 is 0 Å². The molecule has 1 heterocycles. The molecule has 0 atom stereocenters. The van der Waals surface area contributed by atoms with Gasteiger partial charge in [-0.1, -0.05) is 6.07 Å². The Labute approximate surface area is 150 Å². The average molecular weight is 349 g/mol. The predicted molar refractivity (Wildman–Crippen MR) is 99.0 cm³/mol. The zero-order valence-corrected chi connectivity index (χ0v) is 14.2. The monoisotopic (exact) mass is 349 g/mol. The van der Waals surface area contributed by atoms with Crippen molar-refractivity contribution >= 4 is 11.6 Å². The first-order chi connectivity index (χ1) is 12.7. The van der Waals surface area contributed by atoms with Crippen molar-refractivity contribution in [1.82, 2.24) is 9.55 Å². The molecule has 0 radical (unpaired) electrons. The van der Waals surface area contributed by atoms with Crippen LogP contribution in [0, 0.1) is 0 Å². The smallest absolute Gasteiger partial charge is 0.330 e. The number of H-pyrrole nitrogens is 1. The van der Waals surface area contributed by atoms with Gasteiger partial charge in [0.1, 0.15) is 5.75 Å². The maximum absolute atomic E-state index is 12.1. The molecule has 26 heavy (non-hydrogen) atoms. The van der Waals surface area contributed by atoms with Crippen LogP contribution in [-0.2, 0) is 17.6 Å². The molecule has 1 amide bonds. The first-order valence-electron chi connectivity index (χ1n) is 8.60. The summed E-state index contributed by atoms with van der Waals surface area (Å²) in [5, 5.41) is 2.79. The minimum atomic E-state index is -0.225. The highest BCUT2D eigenvalue weighted by Gasteiger charge is 2.12. The highest BCUT2D eigenvalue weighted by Crippen LogP contribution is 2.26. The van der Waals surface area contributed by atoms with Crippen molar-refractivity contribution in [2.75, 3.05) is 11.9 Å². The Balaban J connectivity index is 1.34. The molecule has 6 heteroatoms. The highest BCUT2D eigenvalue weighted by molar-refractivity contribution is 5.91. The molecule has 0 saturated heterocycles. The first-order valence-corrected chi connectivity index (χ1v) is 8.60. The minimum Gasteiger partial charge on any atom is -0.484 e. The lowest BCUT2D eigenvalue weighted by Gasteiger charge is -2.09. The quantitative estimate of drug-likeness (QED) is 0.743. The largest absolute Gasteiger partial charge is 0.484 e. The molecule has 6 nitrogen and oxygen atoms in total. The minimum absolute atomic E-state index is 0.0438. The van der Waals surface area contributed by atoms with E-state index in [9.17, 15) is 9.59 Å². The Morgan fingerprint density at radius 2 is 1.92 bits per heavy atom. The van der Waals surface area contributed by atoms with Gasteiger partial charge in [0, 0.05) is 18.1 Å². The van der Waals surface area contributed by atoms with Gasteiger partial charge in [0.15, 0.2) is 6.61 Å². The van der Waals surface area contributed by atoms with Crippen LogP contribution in [0.15, 0.2) is 59.7 Å². The number of nitrogens with zero attached hydrogens (tertiary/aromatic N) is 1. The topological polar surface area (TPSA) is 76.1 Å². The number of imidazole rings is 1. The van der Waals surface area contributed by atoms with E-state index >= 15 is 0 Å². The SMILES string of the molecule is O=C(COc1ccc2c(c1)CCC2)Nc1ccc(-n2cc[nH]c2=O)cc1. The van der Waals surface area contributed by atoms with E-state index in [1.165, 1.54) is 22.1 Å². The molecule has 2 N–H and O–H groups in total. The predicted octanol–water partition coefficient (Wildman–Crippen LogP) is 2.67. The van der Waals surface area contributed by atoms with E-state index in [1.807, 2.05) is 12.1 Å². The third-order valence-electron chi connectivity index (χ3n) is 4.52. The van der Waals surface area contributed by atoms with Crippen LogP contribution in [0.3, 0.4) is 0 Å². The van der Waals surface area contributed by atoms with E-state index in [-0.39, 0.29) is 18.2 Å². The molecule has 1 aromatic heterocycles. The van der Waals surface area contributed by atoms with E-state index in [0.29, 0.717) is 5.69 Å². The number of aromatic nitrogens is 2. The summed E-state index contributed by atoms with van der Waals surface area (Å²) < 4.78 is 7.09. The summed E-state index contributed by atoms with van der Waals surface area (Å²) in [5.74, 6) is 0.500. The third kappa shape index (κ3) is 3.39. The number of carbonyl (C=O) groups excluding carboxylic acids is 1. The lowest BCUT2D eigenvalue weighted by atomic mass is 10.1. The number of aryl methyl sites for hydroxylation is 2. The van der Waals surface area contributed by atoms with E-state index in [2.05, 4.69) is 16.4 Å². The number of benzene rings is 2. The van der Waals surface area contributed by atoms with Gasteiger partial charge in [-0.2, -0.15) is 0 Å². The molecule has 0 aliphatic heterocycles. The summed E-state index contributed by atoms with van der Waals surface area (Å²) in [6.45, 7) is -0.0438. The molecule has 4 rings (SSSR count). The number of rotatable bonds is 5. The second-order valence-electron chi connectivity index (χ2n) is 6.30. The zero-order chi connectivity index (χ0) is 17.9. The second kappa shape index (κ2) is 6.92. The molecule has 0 saturated carbocycles. The van der Waals surface area contributed by atoms with Gasteiger partial charge in [0.2, 0.25) is 0 Å². The van der Waals surface area contributed by atoms with Crippen molar-refractivity contribution in [2.24, 2.45) is 0 Å². The fourth-order valence-electron chi connectivity index (χ4n) is 3.21. The Hall–Kier alpha value is -3.28. The Morgan fingerprint density at radius 3 is 2.69 bits per heavy atom. The standard InChI is InChI=1S/C20H19N3O3/c24-19(13-26-18-9-4-14-2-1-3-15(14)12-18)22-16-5-7-17(8-6-16)23-11-10-21-20(23)25/h4-12H,1-3,13H2,(H,21,25)(H,22,24). The van der Waals surface area contributed by atoms with Crippen LogP contribution in [0.1, 0.15) is 17.5 Å². The van der Waals surface area contributed by atoms with Crippen LogP contribution in [0.4, 0.5) is 5.69 Å². The summed E-state index contributed by atoms with van der Waals surface area (Å²) in [6.07, 6.45) is 6.62. The van der Waals surface area contributed by atoms with Crippen LogP contribution in [0.25, 0.3) is 5.69 Å². The van der Waals surface area contributed by atoms with Crippen molar-refractivity contribution in [3.8, 4) is 11.4 Å². The van der Waals surface area contributed by atoms with E-state index in [4.69, 9.17) is 4.74 Å². The van der Waals surface area contributed by atoms with Gasteiger partial charge < -0.3 is 15.0 Å². The first kappa shape index (κ1) is 16.2. The van der Waals surface area contributed by atoms with Gasteiger partial charge in [-0.25, -0.2) is 4.79 Å². The average Bonchev–Trinajstić information content (AvgIpc) is 3.29. The van der Waals surface area contributed by atoms with Crippen molar-refractivity contribution in [1.29, 1.82) is 0 Å². The van der Waals surface area contributed by atoms with Crippen molar-refractivity contribution in [3.05, 3.63) is 76.5 Å². The maximum atomic E-state index is 12.1. The van der Waals surface area contributed by atoms with Crippen LogP contribution in [0.5, 0.6) is 5.75 Å². The van der Waals surface area contributed by atoms with Crippen molar-refractivity contribution in [2.45, 2.75) is 19.3 Å². The van der Waals surface area contributed by atoms with Gasteiger partial charge in [-0.15, -0.1) is 0 Å². The number of carbonyl (C=O) groups is 1. The molecule has 1 aliphatic rings. The van der Waals surface area contributed by atoms with Crippen LogP contribution in [-0.4, -0.2) is 22.1 Å². The summed E-state index contributed by atoms with van der Waals surface area (Å²) in [7, 11) is 0. The Bertz CT molecular complexity index is 986. The number of hydrogen-bond donors (Lipinski definition) is 2. The number of nitrogens with one attached hydrogen (secondary N) is 2. The normalized spacial score (nSPS) is 12.6. The lowest BCUT2D eigenvalue weighted by Crippen LogP contribution is -2.20. The number of aromatic amines is 1. The van der Waals surface area contributed by atoms with Gasteiger partial charge in [-0.05, 0) is 66.8 Å². The van der Waals surface area contributed by atoms with E-state index in [0.717, 1.165) is 24.3 Å². The zero-order valence-electron chi connectivity index (χ0n) is 14.2. The molecule has 3 aromatic rings. The second-order valence-corrected chi connectivity index (χ2v) is 6.30. The molecular weight excluding hydrogens is 330 g/mol. The van der Waals surface area contributed by atoms with Crippen molar-refractivity contribution in [3.63, 3.8) is 0 Å². The number of hydrogen-bond acceptors (Lipinski definition) is 3. The van der Waals surface area contributed by atoms with Crippen LogP contribution in [0.2, 0.25) is 0 Å². The molecule has 0 bridgehead atoms. The molecule has 2 aromatic carbocycles. The number of fused-ring (bicyclic) bond motifs is 1. The summed E-state index contributed by atoms with van der Waals surface area (Å²) in [6, 6.07) is 13.1. The van der Waals surface area contributed by atoms with Crippen molar-refractivity contribution < 1.29 is 9.53 Å². The van der Waals surface area contributed by atoms with E-state index < -0.39 is 0 Å². The van der Waals surface area contributed by atoms with Gasteiger partial charge in [0.25, 0.3) is 5.91 Å². The number of ether oxygens (including phenoxy) is 1. The molecule has 0 spiro atoms. The van der Waals surface area contributed by atoms with E-state index in [1.54, 1.807) is 36.7 Å². The van der Waals surface area contributed by atoms with Gasteiger partial charge >= 0.3 is 5.69 Å². The van der Waals surface area contributed by atoms with Gasteiger partial charge in [0.05, 0.1) is 5.69 Å². The Morgan fingerprint density at radius 1 is 1.12 bits per heavy atom. The fraction of sp³-hybridized carbons (Fsp3) is 0.200. The Kier molecular flexibility index (Phi) is 4.31. The molecule has 0 unspecified atom stereocenters. The molecule has 0 fully saturated rings. The highest BCUT2D eigenvalue weighted by atomic mass is 16.5. The molecule has 132 valence electrons. The van der Waals surface area contributed by atoms with Gasteiger partial charge in [-0.3, -0.25) is 9.36 Å². The summed E-state index contributed by atoms with van der Waals surface area (Å²) in [5.41, 5.74) is 3.87. The molecular formula is C20H19N3O3. The number of amides is 1. The third-order valence-corrected chi connectivity index (χ3v) is 4.52. The lowest BCUT2D eigenvalue weighted by molar-refractivity contribution is -0.118.